The number of carbonyl (C=O) groups excluding carboxylic acids is 1. The van der Waals surface area contributed by atoms with E-state index in [0.717, 1.165) is 31.8 Å². The molecule has 110 valence electrons. The van der Waals surface area contributed by atoms with Crippen LogP contribution in [-0.4, -0.2) is 62.0 Å². The van der Waals surface area contributed by atoms with Crippen LogP contribution < -0.4 is 5.32 Å². The van der Waals surface area contributed by atoms with E-state index in [0.29, 0.717) is 11.9 Å². The van der Waals surface area contributed by atoms with Crippen LogP contribution in [0.5, 0.6) is 0 Å². The van der Waals surface area contributed by atoms with Crippen LogP contribution in [0, 0.1) is 5.92 Å². The summed E-state index contributed by atoms with van der Waals surface area (Å²) in [7, 11) is 6.09. The van der Waals surface area contributed by atoms with E-state index in [9.17, 15) is 4.79 Å². The van der Waals surface area contributed by atoms with Gasteiger partial charge >= 0.3 is 0 Å². The van der Waals surface area contributed by atoms with Crippen molar-refractivity contribution in [1.82, 2.24) is 15.1 Å². The summed E-state index contributed by atoms with van der Waals surface area (Å²) in [5.74, 6) is 1.05. The van der Waals surface area contributed by atoms with Crippen molar-refractivity contribution in [1.29, 1.82) is 0 Å². The standard InChI is InChI=1S/C15H29N3O/c1-17(2)9-6-10-18(3)15(19)14-11-12-7-4-5-8-13(12)16-14/h12-14,16H,4-11H2,1-3H3. The van der Waals surface area contributed by atoms with Crippen LogP contribution in [0.2, 0.25) is 0 Å². The number of hydrogen-bond donors (Lipinski definition) is 1. The topological polar surface area (TPSA) is 35.6 Å². The SMILES string of the molecule is CN(C)CCCN(C)C(=O)C1CC2CCCCC2N1. The molecule has 4 nitrogen and oxygen atoms in total. The molecule has 3 unspecified atom stereocenters. The van der Waals surface area contributed by atoms with E-state index < -0.39 is 0 Å². The lowest BCUT2D eigenvalue weighted by molar-refractivity contribution is -0.131. The Morgan fingerprint density at radius 1 is 1.16 bits per heavy atom. The first-order chi connectivity index (χ1) is 9.08. The molecule has 0 spiro atoms. The monoisotopic (exact) mass is 267 g/mol. The molecule has 2 rings (SSSR count). The Hall–Kier alpha value is -0.610. The molecular formula is C15H29N3O. The predicted octanol–water partition coefficient (Wildman–Crippen LogP) is 1.32. The van der Waals surface area contributed by atoms with Crippen molar-refractivity contribution in [2.24, 2.45) is 5.92 Å². The van der Waals surface area contributed by atoms with Crippen LogP contribution in [0.15, 0.2) is 0 Å². The quantitative estimate of drug-likeness (QED) is 0.816. The third-order valence-corrected chi connectivity index (χ3v) is 4.64. The van der Waals surface area contributed by atoms with E-state index in [1.54, 1.807) is 0 Å². The normalized spacial score (nSPS) is 30.4. The molecular weight excluding hydrogens is 238 g/mol. The highest BCUT2D eigenvalue weighted by molar-refractivity contribution is 5.82. The molecule has 3 atom stereocenters. The molecule has 1 amide bonds. The Kier molecular flexibility index (Phi) is 5.22. The average molecular weight is 267 g/mol. The third-order valence-electron chi connectivity index (χ3n) is 4.64. The van der Waals surface area contributed by atoms with Crippen molar-refractivity contribution in [3.05, 3.63) is 0 Å². The molecule has 1 aliphatic carbocycles. The summed E-state index contributed by atoms with van der Waals surface area (Å²) in [6, 6.07) is 0.690. The Morgan fingerprint density at radius 2 is 1.89 bits per heavy atom. The number of fused-ring (bicyclic) bond motifs is 1. The maximum Gasteiger partial charge on any atom is 0.239 e. The first-order valence-corrected chi connectivity index (χ1v) is 7.73. The van der Waals surface area contributed by atoms with Gasteiger partial charge in [-0.25, -0.2) is 0 Å². The Morgan fingerprint density at radius 3 is 2.58 bits per heavy atom. The van der Waals surface area contributed by atoms with Crippen molar-refractivity contribution >= 4 is 5.91 Å². The van der Waals surface area contributed by atoms with Gasteiger partial charge in [-0.05, 0) is 52.2 Å². The maximum absolute atomic E-state index is 12.4. The van der Waals surface area contributed by atoms with Gasteiger partial charge in [0, 0.05) is 19.6 Å². The minimum atomic E-state index is 0.0810. The smallest absolute Gasteiger partial charge is 0.239 e. The van der Waals surface area contributed by atoms with Crippen molar-refractivity contribution < 1.29 is 4.79 Å². The summed E-state index contributed by atoms with van der Waals surface area (Å²) in [5.41, 5.74) is 0. The van der Waals surface area contributed by atoms with Gasteiger partial charge in [0.15, 0.2) is 0 Å². The molecule has 0 aromatic carbocycles. The molecule has 1 saturated carbocycles. The van der Waals surface area contributed by atoms with E-state index >= 15 is 0 Å². The highest BCUT2D eigenvalue weighted by Crippen LogP contribution is 2.33. The fraction of sp³-hybridized carbons (Fsp3) is 0.933. The van der Waals surface area contributed by atoms with E-state index in [4.69, 9.17) is 0 Å². The minimum Gasteiger partial charge on any atom is -0.344 e. The van der Waals surface area contributed by atoms with E-state index in [-0.39, 0.29) is 6.04 Å². The Bertz CT molecular complexity index is 292. The molecule has 2 fully saturated rings. The van der Waals surface area contributed by atoms with Gasteiger partial charge in [0.2, 0.25) is 5.91 Å². The van der Waals surface area contributed by atoms with Crippen LogP contribution in [0.4, 0.5) is 0 Å². The van der Waals surface area contributed by atoms with Gasteiger partial charge in [-0.2, -0.15) is 0 Å². The highest BCUT2D eigenvalue weighted by Gasteiger charge is 2.38. The zero-order valence-corrected chi connectivity index (χ0v) is 12.7. The second-order valence-electron chi connectivity index (χ2n) is 6.52. The lowest BCUT2D eigenvalue weighted by Gasteiger charge is -2.24. The van der Waals surface area contributed by atoms with Gasteiger partial charge in [0.25, 0.3) is 0 Å². The molecule has 1 saturated heterocycles. The van der Waals surface area contributed by atoms with Crippen molar-refractivity contribution in [2.75, 3.05) is 34.2 Å². The number of rotatable bonds is 5. The van der Waals surface area contributed by atoms with E-state index in [2.05, 4.69) is 24.3 Å². The van der Waals surface area contributed by atoms with Gasteiger partial charge < -0.3 is 15.1 Å². The zero-order valence-electron chi connectivity index (χ0n) is 12.7. The predicted molar refractivity (Wildman–Crippen MR) is 78.1 cm³/mol. The van der Waals surface area contributed by atoms with Crippen molar-refractivity contribution in [3.8, 4) is 0 Å². The summed E-state index contributed by atoms with van der Waals surface area (Å²) >= 11 is 0. The number of likely N-dealkylation sites (N-methyl/N-ethyl adjacent to an activating group) is 1. The molecule has 1 aliphatic heterocycles. The summed E-state index contributed by atoms with van der Waals surface area (Å²) < 4.78 is 0. The van der Waals surface area contributed by atoms with Crippen molar-refractivity contribution in [3.63, 3.8) is 0 Å². The average Bonchev–Trinajstić information content (AvgIpc) is 2.80. The van der Waals surface area contributed by atoms with E-state index in [1.165, 1.54) is 25.7 Å². The zero-order chi connectivity index (χ0) is 13.8. The van der Waals surface area contributed by atoms with Crippen LogP contribution in [0.1, 0.15) is 38.5 Å². The second-order valence-corrected chi connectivity index (χ2v) is 6.52. The summed E-state index contributed by atoms with van der Waals surface area (Å²) in [5, 5.41) is 3.57. The molecule has 0 bridgehead atoms. The summed E-state index contributed by atoms with van der Waals surface area (Å²) in [4.78, 5) is 16.5. The van der Waals surface area contributed by atoms with Gasteiger partial charge in [-0.3, -0.25) is 4.79 Å². The first-order valence-electron chi connectivity index (χ1n) is 7.73. The molecule has 0 aromatic heterocycles. The Balaban J connectivity index is 1.76. The lowest BCUT2D eigenvalue weighted by Crippen LogP contribution is -2.44. The number of amides is 1. The van der Waals surface area contributed by atoms with Gasteiger partial charge in [0.1, 0.15) is 0 Å². The summed E-state index contributed by atoms with van der Waals surface area (Å²) in [6.45, 7) is 1.91. The fourth-order valence-electron chi connectivity index (χ4n) is 3.51. The maximum atomic E-state index is 12.4. The van der Waals surface area contributed by atoms with Crippen molar-refractivity contribution in [2.45, 2.75) is 50.6 Å². The minimum absolute atomic E-state index is 0.0810. The highest BCUT2D eigenvalue weighted by atomic mass is 16.2. The molecule has 19 heavy (non-hydrogen) atoms. The van der Waals surface area contributed by atoms with Gasteiger partial charge in [-0.1, -0.05) is 12.8 Å². The van der Waals surface area contributed by atoms with Gasteiger partial charge in [-0.15, -0.1) is 0 Å². The number of carbonyl (C=O) groups is 1. The fourth-order valence-corrected chi connectivity index (χ4v) is 3.51. The molecule has 0 aromatic rings. The number of nitrogens with one attached hydrogen (secondary N) is 1. The van der Waals surface area contributed by atoms with Crippen LogP contribution in [0.25, 0.3) is 0 Å². The lowest BCUT2D eigenvalue weighted by atomic mass is 9.85. The molecule has 1 N–H and O–H groups in total. The first kappa shape index (κ1) is 14.8. The largest absolute Gasteiger partial charge is 0.344 e. The number of hydrogen-bond acceptors (Lipinski definition) is 3. The third kappa shape index (κ3) is 3.93. The van der Waals surface area contributed by atoms with Gasteiger partial charge in [0.05, 0.1) is 6.04 Å². The molecule has 1 heterocycles. The molecule has 0 radical (unpaired) electrons. The molecule has 4 heteroatoms. The molecule has 2 aliphatic rings. The van der Waals surface area contributed by atoms with E-state index in [1.807, 2.05) is 11.9 Å². The number of nitrogens with zero attached hydrogens (tertiary/aromatic N) is 2. The second kappa shape index (κ2) is 6.71. The van der Waals surface area contributed by atoms with Crippen LogP contribution >= 0.6 is 0 Å². The van der Waals surface area contributed by atoms with Crippen LogP contribution in [-0.2, 0) is 4.79 Å². The Labute approximate surface area is 117 Å². The summed E-state index contributed by atoms with van der Waals surface area (Å²) in [6.07, 6.45) is 7.36. The van der Waals surface area contributed by atoms with Crippen LogP contribution in [0.3, 0.4) is 0 Å².